The maximum Gasteiger partial charge on any atom is 0.242 e. The van der Waals surface area contributed by atoms with Crippen molar-refractivity contribution in [3.63, 3.8) is 0 Å². The van der Waals surface area contributed by atoms with Gasteiger partial charge in [0, 0.05) is 40.8 Å². The number of aryl methyl sites for hydroxylation is 1. The Hall–Kier alpha value is -2.77. The summed E-state index contributed by atoms with van der Waals surface area (Å²) in [4.78, 5) is 28.0. The predicted molar refractivity (Wildman–Crippen MR) is 125 cm³/mol. The lowest BCUT2D eigenvalue weighted by Crippen LogP contribution is -2.42. The van der Waals surface area contributed by atoms with Crippen molar-refractivity contribution in [1.82, 2.24) is 9.47 Å². The number of hydrogen-bond acceptors (Lipinski definition) is 4. The lowest BCUT2D eigenvalue weighted by molar-refractivity contribution is -0.135. The maximum atomic E-state index is 12.7. The fourth-order valence-corrected chi connectivity index (χ4v) is 4.57. The van der Waals surface area contributed by atoms with E-state index in [1.807, 2.05) is 64.2 Å². The van der Waals surface area contributed by atoms with E-state index in [4.69, 9.17) is 4.74 Å². The number of morpholine rings is 1. The molecule has 0 aliphatic carbocycles. The van der Waals surface area contributed by atoms with Crippen molar-refractivity contribution in [2.24, 2.45) is 0 Å². The molecule has 31 heavy (non-hydrogen) atoms. The molecule has 2 amide bonds. The van der Waals surface area contributed by atoms with E-state index in [2.05, 4.69) is 12.2 Å². The van der Waals surface area contributed by atoms with Crippen molar-refractivity contribution < 1.29 is 14.3 Å². The van der Waals surface area contributed by atoms with Crippen molar-refractivity contribution >= 4 is 40.2 Å². The number of fused-ring (bicyclic) bond motifs is 1. The summed E-state index contributed by atoms with van der Waals surface area (Å²) in [5.74, 6) is 0.352. The van der Waals surface area contributed by atoms with Gasteiger partial charge < -0.3 is 19.5 Å². The number of benzene rings is 2. The molecule has 0 saturated carbocycles. The fourth-order valence-electron chi connectivity index (χ4n) is 3.68. The zero-order chi connectivity index (χ0) is 21.6. The molecule has 4 rings (SSSR count). The molecule has 1 fully saturated rings. The molecule has 0 unspecified atom stereocenters. The summed E-state index contributed by atoms with van der Waals surface area (Å²) in [6, 6.07) is 15.9. The molecular formula is C24H27N3O3S. The first-order valence-corrected chi connectivity index (χ1v) is 11.6. The van der Waals surface area contributed by atoms with Crippen LogP contribution in [-0.2, 0) is 27.3 Å². The zero-order valence-electron chi connectivity index (χ0n) is 17.7. The number of nitrogens with zero attached hydrogens (tertiary/aromatic N) is 2. The number of ether oxygens (including phenoxy) is 1. The van der Waals surface area contributed by atoms with Gasteiger partial charge >= 0.3 is 0 Å². The monoisotopic (exact) mass is 437 g/mol. The van der Waals surface area contributed by atoms with Crippen LogP contribution in [0.15, 0.2) is 59.6 Å². The van der Waals surface area contributed by atoms with Crippen LogP contribution < -0.4 is 5.32 Å². The Labute approximate surface area is 186 Å². The molecule has 0 radical (unpaired) electrons. The Morgan fingerprint density at radius 2 is 1.81 bits per heavy atom. The Bertz CT molecular complexity index is 1060. The zero-order valence-corrected chi connectivity index (χ0v) is 18.5. The second-order valence-electron chi connectivity index (χ2n) is 7.52. The average Bonchev–Trinajstić information content (AvgIpc) is 3.16. The maximum absolute atomic E-state index is 12.7. The molecule has 2 heterocycles. The van der Waals surface area contributed by atoms with E-state index in [9.17, 15) is 9.59 Å². The number of aromatic nitrogens is 1. The number of carbonyl (C=O) groups is 2. The highest BCUT2D eigenvalue weighted by molar-refractivity contribution is 8.00. The topological polar surface area (TPSA) is 63.6 Å². The molecule has 7 heteroatoms. The van der Waals surface area contributed by atoms with E-state index >= 15 is 0 Å². The molecule has 0 bridgehead atoms. The number of rotatable bonds is 7. The van der Waals surface area contributed by atoms with Gasteiger partial charge in [-0.1, -0.05) is 37.3 Å². The normalized spacial score (nSPS) is 14.0. The second-order valence-corrected chi connectivity index (χ2v) is 8.54. The van der Waals surface area contributed by atoms with Crippen LogP contribution in [0.4, 0.5) is 5.69 Å². The van der Waals surface area contributed by atoms with Crippen molar-refractivity contribution in [1.29, 1.82) is 0 Å². The highest BCUT2D eigenvalue weighted by Gasteiger charge is 2.19. The van der Waals surface area contributed by atoms with E-state index in [0.29, 0.717) is 32.1 Å². The van der Waals surface area contributed by atoms with Gasteiger partial charge in [-0.25, -0.2) is 0 Å². The highest BCUT2D eigenvalue weighted by Crippen LogP contribution is 2.30. The third-order valence-corrected chi connectivity index (χ3v) is 6.47. The summed E-state index contributed by atoms with van der Waals surface area (Å²) < 4.78 is 7.32. The van der Waals surface area contributed by atoms with Gasteiger partial charge in [0.05, 0.1) is 19.0 Å². The summed E-state index contributed by atoms with van der Waals surface area (Å²) in [5, 5.41) is 4.01. The van der Waals surface area contributed by atoms with Gasteiger partial charge in [0.25, 0.3) is 0 Å². The summed E-state index contributed by atoms with van der Waals surface area (Å²) >= 11 is 1.49. The minimum absolute atomic E-state index is 0.0459. The molecule has 1 N–H and O–H groups in total. The summed E-state index contributed by atoms with van der Waals surface area (Å²) in [6.45, 7) is 4.86. The quantitative estimate of drug-likeness (QED) is 0.571. The van der Waals surface area contributed by atoms with Gasteiger partial charge in [0.2, 0.25) is 11.8 Å². The van der Waals surface area contributed by atoms with Crippen molar-refractivity contribution in [2.75, 3.05) is 37.4 Å². The largest absolute Gasteiger partial charge is 0.378 e. The van der Waals surface area contributed by atoms with Crippen molar-refractivity contribution in [3.8, 4) is 0 Å². The summed E-state index contributed by atoms with van der Waals surface area (Å²) in [7, 11) is 0. The summed E-state index contributed by atoms with van der Waals surface area (Å²) in [6.07, 6.45) is 2.96. The van der Waals surface area contributed by atoms with Crippen LogP contribution in [0.3, 0.4) is 0 Å². The molecule has 1 saturated heterocycles. The number of thioether (sulfide) groups is 1. The Morgan fingerprint density at radius 1 is 1.06 bits per heavy atom. The first kappa shape index (κ1) is 21.5. The number of carbonyl (C=O) groups excluding carboxylic acids is 2. The second kappa shape index (κ2) is 10.0. The van der Waals surface area contributed by atoms with Crippen LogP contribution in [0.25, 0.3) is 10.9 Å². The Morgan fingerprint density at radius 3 is 2.55 bits per heavy atom. The number of anilines is 1. The number of amides is 2. The molecule has 1 aliphatic heterocycles. The van der Waals surface area contributed by atoms with Gasteiger partial charge in [-0.15, -0.1) is 11.8 Å². The van der Waals surface area contributed by atoms with Gasteiger partial charge in [-0.2, -0.15) is 0 Å². The molecule has 1 aromatic heterocycles. The number of hydrogen-bond donors (Lipinski definition) is 1. The Balaban J connectivity index is 1.42. The van der Waals surface area contributed by atoms with Crippen LogP contribution in [0, 0.1) is 0 Å². The number of nitrogens with one attached hydrogen (secondary N) is 1. The molecule has 0 spiro atoms. The van der Waals surface area contributed by atoms with Crippen LogP contribution >= 0.6 is 11.8 Å². The molecule has 3 aromatic rings. The van der Waals surface area contributed by atoms with Gasteiger partial charge in [-0.05, 0) is 30.2 Å². The lowest BCUT2D eigenvalue weighted by atomic mass is 10.1. The molecule has 2 aromatic carbocycles. The molecule has 162 valence electrons. The van der Waals surface area contributed by atoms with Gasteiger partial charge in [0.1, 0.15) is 6.54 Å². The van der Waals surface area contributed by atoms with E-state index in [1.54, 1.807) is 0 Å². The summed E-state index contributed by atoms with van der Waals surface area (Å²) in [5.41, 5.74) is 3.05. The standard InChI is InChI=1S/C24H27N3O3S/c1-2-18-7-9-19(10-8-18)25-23(28)17-31-22-15-27(21-6-4-3-5-20(21)22)16-24(29)26-11-13-30-14-12-26/h3-10,15H,2,11-14,16-17H2,1H3,(H,25,28). The van der Waals surface area contributed by atoms with Crippen molar-refractivity contribution in [3.05, 3.63) is 60.3 Å². The highest BCUT2D eigenvalue weighted by atomic mass is 32.2. The van der Waals surface area contributed by atoms with Crippen LogP contribution in [0.1, 0.15) is 12.5 Å². The molecule has 1 aliphatic rings. The minimum Gasteiger partial charge on any atom is -0.378 e. The molecule has 6 nitrogen and oxygen atoms in total. The van der Waals surface area contributed by atoms with E-state index in [0.717, 1.165) is 27.9 Å². The van der Waals surface area contributed by atoms with Gasteiger partial charge in [0.15, 0.2) is 0 Å². The minimum atomic E-state index is -0.0459. The first-order chi connectivity index (χ1) is 15.1. The predicted octanol–water partition coefficient (Wildman–Crippen LogP) is 3.79. The third-order valence-electron chi connectivity index (χ3n) is 5.43. The fraction of sp³-hybridized carbons (Fsp3) is 0.333. The SMILES string of the molecule is CCc1ccc(NC(=O)CSc2cn(CC(=O)N3CCOCC3)c3ccccc23)cc1. The average molecular weight is 438 g/mol. The van der Waals surface area contributed by atoms with Crippen molar-refractivity contribution in [2.45, 2.75) is 24.8 Å². The molecular weight excluding hydrogens is 410 g/mol. The number of para-hydroxylation sites is 1. The van der Waals surface area contributed by atoms with E-state index in [1.165, 1.54) is 17.3 Å². The van der Waals surface area contributed by atoms with E-state index in [-0.39, 0.29) is 18.4 Å². The molecule has 0 atom stereocenters. The van der Waals surface area contributed by atoms with Crippen LogP contribution in [-0.4, -0.2) is 53.3 Å². The Kier molecular flexibility index (Phi) is 6.94. The van der Waals surface area contributed by atoms with Crippen LogP contribution in [0.2, 0.25) is 0 Å². The third kappa shape index (κ3) is 5.29. The van der Waals surface area contributed by atoms with Crippen LogP contribution in [0.5, 0.6) is 0 Å². The first-order valence-electron chi connectivity index (χ1n) is 10.6. The lowest BCUT2D eigenvalue weighted by Gasteiger charge is -2.27. The van der Waals surface area contributed by atoms with E-state index < -0.39 is 0 Å². The van der Waals surface area contributed by atoms with Gasteiger partial charge in [-0.3, -0.25) is 9.59 Å². The smallest absolute Gasteiger partial charge is 0.242 e.